The number of carbonyl (C=O) groups excluding carboxylic acids is 5. The van der Waals surface area contributed by atoms with Crippen LogP contribution in [0.1, 0.15) is 126 Å². The third-order valence-corrected chi connectivity index (χ3v) is 16.2. The molecule has 5 amide bonds. The van der Waals surface area contributed by atoms with Crippen LogP contribution in [-0.2, 0) is 33.8 Å². The van der Waals surface area contributed by atoms with Gasteiger partial charge in [0, 0.05) is 37.1 Å². The van der Waals surface area contributed by atoms with Crippen LogP contribution in [-0.4, -0.2) is 96.8 Å². The van der Waals surface area contributed by atoms with Crippen LogP contribution >= 0.6 is 0 Å². The highest BCUT2D eigenvalue weighted by molar-refractivity contribution is 7.92. The smallest absolute Gasteiger partial charge is 0.315 e. The van der Waals surface area contributed by atoms with Gasteiger partial charge in [0.2, 0.25) is 17.6 Å². The molecule has 5 fully saturated rings. The Morgan fingerprint density at radius 3 is 2.12 bits per heavy atom. The van der Waals surface area contributed by atoms with E-state index in [2.05, 4.69) is 16.0 Å². The van der Waals surface area contributed by atoms with Crippen molar-refractivity contribution in [2.45, 2.75) is 154 Å². The Kier molecular flexibility index (Phi) is 11.3. The summed E-state index contributed by atoms with van der Waals surface area (Å²) < 4.78 is 32.4. The Bertz CT molecular complexity index is 1520. The molecule has 13 nitrogen and oxygen atoms in total. The first-order chi connectivity index (χ1) is 24.2. The molecule has 0 aromatic rings. The highest BCUT2D eigenvalue weighted by Gasteiger charge is 2.84. The molecule has 0 spiro atoms. The van der Waals surface area contributed by atoms with Gasteiger partial charge in [-0.25, -0.2) is 13.2 Å². The fourth-order valence-corrected chi connectivity index (χ4v) is 12.2. The number of urea groups is 1. The molecule has 5 aliphatic rings. The topological polar surface area (TPSA) is 194 Å². The van der Waals surface area contributed by atoms with Crippen molar-refractivity contribution >= 4 is 39.4 Å². The number of primary amides is 1. The van der Waals surface area contributed by atoms with Gasteiger partial charge in [-0.3, -0.25) is 19.2 Å². The SMILES string of the molecule is CCCC[C@H](C(=O)C(=O)NC1CC1)C12C(C(N)=O)N(C(=O)[C@@H](NC(=O)NC3(CS(=O)(=O)C4(C)CCOCC4)CCCCC3)C(C)(C)C)CC1C2(C)C. The number of rotatable bonds is 14. The molecule has 0 aromatic heterocycles. The van der Waals surface area contributed by atoms with Gasteiger partial charge in [0.25, 0.3) is 5.91 Å². The maximum Gasteiger partial charge on any atom is 0.315 e. The first kappa shape index (κ1) is 40.4. The maximum atomic E-state index is 14.7. The number of likely N-dealkylation sites (tertiary alicyclic amines) is 1. The molecule has 294 valence electrons. The number of ether oxygens (including phenoxy) is 1. The van der Waals surface area contributed by atoms with Crippen molar-refractivity contribution in [3.8, 4) is 0 Å². The first-order valence-electron chi connectivity index (χ1n) is 19.5. The third-order valence-electron chi connectivity index (χ3n) is 13.4. The van der Waals surface area contributed by atoms with Gasteiger partial charge in [-0.15, -0.1) is 0 Å². The van der Waals surface area contributed by atoms with Crippen molar-refractivity contribution in [3.05, 3.63) is 0 Å². The lowest BCUT2D eigenvalue weighted by molar-refractivity contribution is -0.148. The zero-order valence-corrected chi connectivity index (χ0v) is 33.2. The molecule has 3 aliphatic carbocycles. The average molecular weight is 750 g/mol. The number of unbranched alkanes of at least 4 members (excludes halogenated alkanes) is 1. The van der Waals surface area contributed by atoms with E-state index >= 15 is 0 Å². The monoisotopic (exact) mass is 749 g/mol. The predicted molar refractivity (Wildman–Crippen MR) is 197 cm³/mol. The largest absolute Gasteiger partial charge is 0.381 e. The molecule has 0 aromatic carbocycles. The number of Topliss-reactive ketones (excluding diaryl/α,β-unsaturated/α-hetero) is 1. The van der Waals surface area contributed by atoms with Crippen LogP contribution in [0.25, 0.3) is 0 Å². The standard InChI is InChI=1S/C38H63N5O8S/c1-8-9-13-25(27(44)31(46)40-24-14-15-24)38-26(35(38,5)6)22-43(29(38)30(39)45)32(47)28(34(2,3)4)41-33(48)42-37(16-11-10-12-17-37)23-52(49,50)36(7)18-20-51-21-19-36/h24-26,28-29H,8-23H2,1-7H3,(H2,39,45)(H,40,46)(H2,41,42,48)/t25-,26?,28-,29?,38?/m1/s1. The molecule has 2 saturated heterocycles. The number of sulfone groups is 1. The van der Waals surface area contributed by atoms with E-state index in [0.717, 1.165) is 38.5 Å². The Morgan fingerprint density at radius 2 is 1.58 bits per heavy atom. The van der Waals surface area contributed by atoms with E-state index in [4.69, 9.17) is 10.5 Å². The molecule has 3 unspecified atom stereocenters. The van der Waals surface area contributed by atoms with E-state index in [0.29, 0.717) is 51.7 Å². The molecular formula is C38H63N5O8S. The van der Waals surface area contributed by atoms with Crippen LogP contribution < -0.4 is 21.7 Å². The third kappa shape index (κ3) is 7.36. The van der Waals surface area contributed by atoms with E-state index in [9.17, 15) is 32.4 Å². The van der Waals surface area contributed by atoms with Crippen molar-refractivity contribution in [2.75, 3.05) is 25.5 Å². The van der Waals surface area contributed by atoms with E-state index < -0.39 is 83.9 Å². The zero-order valence-electron chi connectivity index (χ0n) is 32.4. The normalized spacial score (nSPS) is 28.9. The van der Waals surface area contributed by atoms with Crippen LogP contribution in [0.15, 0.2) is 0 Å². The Morgan fingerprint density at radius 1 is 0.962 bits per heavy atom. The number of nitrogens with one attached hydrogen (secondary N) is 3. The molecule has 5 rings (SSSR count). The summed E-state index contributed by atoms with van der Waals surface area (Å²) in [5.41, 5.74) is 2.74. The van der Waals surface area contributed by atoms with E-state index in [1.807, 2.05) is 41.5 Å². The predicted octanol–water partition coefficient (Wildman–Crippen LogP) is 3.38. The Hall–Kier alpha value is -2.74. The van der Waals surface area contributed by atoms with Gasteiger partial charge < -0.3 is 31.3 Å². The van der Waals surface area contributed by atoms with Gasteiger partial charge in [-0.05, 0) is 68.6 Å². The summed E-state index contributed by atoms with van der Waals surface area (Å²) in [6.45, 7) is 14.1. The Balaban J connectivity index is 1.41. The van der Waals surface area contributed by atoms with E-state index in [1.54, 1.807) is 6.92 Å². The van der Waals surface area contributed by atoms with Crippen LogP contribution in [0, 0.1) is 28.1 Å². The molecule has 14 heteroatoms. The number of amides is 5. The first-order valence-corrected chi connectivity index (χ1v) is 21.2. The van der Waals surface area contributed by atoms with Crippen molar-refractivity contribution in [1.29, 1.82) is 0 Å². The van der Waals surface area contributed by atoms with Crippen LogP contribution in [0.3, 0.4) is 0 Å². The minimum absolute atomic E-state index is 0.0139. The number of hydrogen-bond acceptors (Lipinski definition) is 8. The Labute approximate surface area is 310 Å². The van der Waals surface area contributed by atoms with Crippen molar-refractivity contribution < 1.29 is 37.1 Å². The van der Waals surface area contributed by atoms with Crippen molar-refractivity contribution in [2.24, 2.45) is 33.8 Å². The number of fused-ring (bicyclic) bond motifs is 1. The number of carbonyl (C=O) groups is 5. The summed E-state index contributed by atoms with van der Waals surface area (Å²) in [6.07, 6.45) is 7.72. The second-order valence-corrected chi connectivity index (χ2v) is 20.9. The van der Waals surface area contributed by atoms with Crippen LogP contribution in [0.2, 0.25) is 0 Å². The molecule has 2 aliphatic heterocycles. The lowest BCUT2D eigenvalue weighted by atomic mass is 9.71. The van der Waals surface area contributed by atoms with E-state index in [-0.39, 0.29) is 24.3 Å². The van der Waals surface area contributed by atoms with Crippen molar-refractivity contribution in [3.63, 3.8) is 0 Å². The highest BCUT2D eigenvalue weighted by atomic mass is 32.2. The molecule has 0 bridgehead atoms. The molecule has 5 N–H and O–H groups in total. The van der Waals surface area contributed by atoms with Crippen molar-refractivity contribution in [1.82, 2.24) is 20.9 Å². The number of hydrogen-bond donors (Lipinski definition) is 4. The molecule has 2 heterocycles. The summed E-state index contributed by atoms with van der Waals surface area (Å²) in [4.78, 5) is 70.8. The number of nitrogens with two attached hydrogens (primary N) is 1. The fourth-order valence-electron chi connectivity index (χ4n) is 9.96. The maximum absolute atomic E-state index is 14.7. The number of piperidine rings is 1. The van der Waals surface area contributed by atoms with E-state index in [1.165, 1.54) is 4.90 Å². The quantitative estimate of drug-likeness (QED) is 0.194. The molecule has 0 radical (unpaired) electrons. The molecule has 5 atom stereocenters. The van der Waals surface area contributed by atoms with Crippen LogP contribution in [0.5, 0.6) is 0 Å². The zero-order chi connectivity index (χ0) is 38.5. The summed E-state index contributed by atoms with van der Waals surface area (Å²) in [7, 11) is -3.65. The minimum Gasteiger partial charge on any atom is -0.381 e. The van der Waals surface area contributed by atoms with Gasteiger partial charge in [0.1, 0.15) is 12.1 Å². The number of nitrogens with zero attached hydrogens (tertiary/aromatic N) is 1. The summed E-state index contributed by atoms with van der Waals surface area (Å²) >= 11 is 0. The molecule has 3 saturated carbocycles. The second kappa shape index (κ2) is 14.5. The summed E-state index contributed by atoms with van der Waals surface area (Å²) in [5.74, 6) is -3.74. The van der Waals surface area contributed by atoms with Gasteiger partial charge in [0.05, 0.1) is 16.0 Å². The van der Waals surface area contributed by atoms with Gasteiger partial charge in [-0.1, -0.05) is 73.6 Å². The number of ketones is 1. The average Bonchev–Trinajstić information content (AvgIpc) is 3.90. The van der Waals surface area contributed by atoms with Gasteiger partial charge >= 0.3 is 6.03 Å². The minimum atomic E-state index is -3.65. The van der Waals surface area contributed by atoms with Crippen LogP contribution in [0.4, 0.5) is 4.79 Å². The van der Waals surface area contributed by atoms with Gasteiger partial charge in [-0.2, -0.15) is 0 Å². The fraction of sp³-hybridized carbons (Fsp3) is 0.868. The second-order valence-electron chi connectivity index (χ2n) is 18.4. The molecule has 52 heavy (non-hydrogen) atoms. The summed E-state index contributed by atoms with van der Waals surface area (Å²) in [6, 6.07) is -2.94. The summed E-state index contributed by atoms with van der Waals surface area (Å²) in [5, 5.41) is 8.76. The lowest BCUT2D eigenvalue weighted by Gasteiger charge is -2.43. The lowest BCUT2D eigenvalue weighted by Crippen LogP contribution is -2.64. The van der Waals surface area contributed by atoms with Gasteiger partial charge in [0.15, 0.2) is 9.84 Å². The highest BCUT2D eigenvalue weighted by Crippen LogP contribution is 2.78. The molecular weight excluding hydrogens is 687 g/mol.